The Morgan fingerprint density at radius 1 is 1.11 bits per heavy atom. The Labute approximate surface area is 210 Å². The van der Waals surface area contributed by atoms with Crippen LogP contribution in [0.15, 0.2) is 48.5 Å². The van der Waals surface area contributed by atoms with E-state index in [-0.39, 0.29) is 18.6 Å². The van der Waals surface area contributed by atoms with E-state index in [0.717, 1.165) is 47.0 Å². The Hall–Kier alpha value is -2.56. The zero-order chi connectivity index (χ0) is 24.8. The molecule has 0 spiro atoms. The molecule has 8 nitrogen and oxygen atoms in total. The van der Waals surface area contributed by atoms with Crippen LogP contribution in [0.1, 0.15) is 23.6 Å². The highest BCUT2D eigenvalue weighted by Gasteiger charge is 2.23. The molecule has 1 aliphatic heterocycles. The summed E-state index contributed by atoms with van der Waals surface area (Å²) in [5, 5.41) is 24.8. The molecule has 188 valence electrons. The number of aromatic nitrogens is 1. The summed E-state index contributed by atoms with van der Waals surface area (Å²) in [5.74, 6) is 0.617. The van der Waals surface area contributed by atoms with Crippen LogP contribution in [0.25, 0.3) is 10.2 Å². The average Bonchev–Trinajstić information content (AvgIpc) is 3.23. The van der Waals surface area contributed by atoms with Crippen molar-refractivity contribution in [3.8, 4) is 5.75 Å². The Kier molecular flexibility index (Phi) is 8.69. The van der Waals surface area contributed by atoms with Crippen LogP contribution in [0.4, 0.5) is 0 Å². The molecule has 9 heteroatoms. The van der Waals surface area contributed by atoms with E-state index in [1.54, 1.807) is 11.3 Å². The van der Waals surface area contributed by atoms with Gasteiger partial charge in [-0.25, -0.2) is 4.98 Å². The zero-order valence-corrected chi connectivity index (χ0v) is 21.1. The third kappa shape index (κ3) is 7.22. The number of aryl methyl sites for hydroxylation is 1. The van der Waals surface area contributed by atoms with Gasteiger partial charge in [-0.15, -0.1) is 11.3 Å². The monoisotopic (exact) mass is 498 g/mol. The minimum atomic E-state index is -0.742. The molecule has 1 fully saturated rings. The second-order valence-corrected chi connectivity index (χ2v) is 10.4. The third-order valence-corrected chi connectivity index (χ3v) is 7.16. The molecule has 1 aliphatic rings. The Bertz CT molecular complexity index is 1100. The first-order chi connectivity index (χ1) is 16.9. The molecule has 35 heavy (non-hydrogen) atoms. The van der Waals surface area contributed by atoms with E-state index in [1.807, 2.05) is 62.4 Å². The lowest BCUT2D eigenvalue weighted by Crippen LogP contribution is -2.52. The smallest absolute Gasteiger partial charge is 0.234 e. The lowest BCUT2D eigenvalue weighted by molar-refractivity contribution is -0.124. The molecule has 3 atom stereocenters. The van der Waals surface area contributed by atoms with Crippen molar-refractivity contribution < 1.29 is 19.7 Å². The lowest BCUT2D eigenvalue weighted by Gasteiger charge is -2.35. The van der Waals surface area contributed by atoms with E-state index >= 15 is 0 Å². The van der Waals surface area contributed by atoms with Crippen LogP contribution in [0.3, 0.4) is 0 Å². The van der Waals surface area contributed by atoms with Crippen molar-refractivity contribution in [2.75, 3.05) is 45.9 Å². The molecule has 0 radical (unpaired) electrons. The van der Waals surface area contributed by atoms with Crippen LogP contribution in [0, 0.1) is 6.92 Å². The van der Waals surface area contributed by atoms with E-state index < -0.39 is 12.2 Å². The van der Waals surface area contributed by atoms with Gasteiger partial charge in [-0.05, 0) is 31.5 Å². The number of aliphatic hydroxyl groups excluding tert-OH is 2. The number of benzene rings is 2. The van der Waals surface area contributed by atoms with Crippen molar-refractivity contribution in [1.29, 1.82) is 0 Å². The Morgan fingerprint density at radius 2 is 1.83 bits per heavy atom. The third-order valence-electron chi connectivity index (χ3n) is 6.21. The number of nitrogens with zero attached hydrogens (tertiary/aromatic N) is 3. The molecular formula is C26H34N4O4S. The van der Waals surface area contributed by atoms with Crippen LogP contribution in [0.2, 0.25) is 0 Å². The minimum absolute atomic E-state index is 0.0957. The summed E-state index contributed by atoms with van der Waals surface area (Å²) < 4.78 is 6.92. The van der Waals surface area contributed by atoms with Gasteiger partial charge in [0.2, 0.25) is 5.91 Å². The van der Waals surface area contributed by atoms with Gasteiger partial charge in [0, 0.05) is 38.8 Å². The molecule has 0 bridgehead atoms. The van der Waals surface area contributed by atoms with Gasteiger partial charge < -0.3 is 20.3 Å². The predicted molar refractivity (Wildman–Crippen MR) is 138 cm³/mol. The van der Waals surface area contributed by atoms with Gasteiger partial charge >= 0.3 is 0 Å². The van der Waals surface area contributed by atoms with Crippen molar-refractivity contribution in [3.05, 3.63) is 59.1 Å². The molecule has 1 aromatic heterocycles. The largest absolute Gasteiger partial charge is 0.491 e. The maximum Gasteiger partial charge on any atom is 0.234 e. The van der Waals surface area contributed by atoms with E-state index in [1.165, 1.54) is 0 Å². The summed E-state index contributed by atoms with van der Waals surface area (Å²) in [4.78, 5) is 21.3. The fraction of sp³-hybridized carbons (Fsp3) is 0.462. The van der Waals surface area contributed by atoms with Gasteiger partial charge in [0.1, 0.15) is 18.5 Å². The van der Waals surface area contributed by atoms with Gasteiger partial charge in [-0.2, -0.15) is 0 Å². The molecule has 1 saturated heterocycles. The number of carbonyl (C=O) groups is 1. The van der Waals surface area contributed by atoms with Crippen LogP contribution >= 0.6 is 11.3 Å². The number of thiazole rings is 1. The number of hydrogen-bond donors (Lipinski definition) is 3. The van der Waals surface area contributed by atoms with Gasteiger partial charge in [-0.3, -0.25) is 14.6 Å². The first-order valence-electron chi connectivity index (χ1n) is 12.0. The first kappa shape index (κ1) is 25.5. The molecule has 0 aliphatic carbocycles. The summed E-state index contributed by atoms with van der Waals surface area (Å²) >= 11 is 1.65. The first-order valence-corrected chi connectivity index (χ1v) is 12.8. The quantitative estimate of drug-likeness (QED) is 0.394. The highest BCUT2D eigenvalue weighted by atomic mass is 32.1. The summed E-state index contributed by atoms with van der Waals surface area (Å²) in [7, 11) is 0. The fourth-order valence-corrected chi connectivity index (χ4v) is 5.11. The number of aliphatic hydroxyl groups is 2. The molecule has 0 saturated carbocycles. The molecule has 2 aromatic carbocycles. The second-order valence-electron chi connectivity index (χ2n) is 9.12. The highest BCUT2D eigenvalue weighted by molar-refractivity contribution is 7.18. The van der Waals surface area contributed by atoms with Crippen molar-refractivity contribution in [1.82, 2.24) is 20.1 Å². The maximum absolute atomic E-state index is 12.5. The van der Waals surface area contributed by atoms with Gasteiger partial charge in [0.25, 0.3) is 0 Å². The van der Waals surface area contributed by atoms with Crippen molar-refractivity contribution in [3.63, 3.8) is 0 Å². The van der Waals surface area contributed by atoms with Crippen LogP contribution in [-0.4, -0.2) is 88.9 Å². The number of hydrogen-bond acceptors (Lipinski definition) is 8. The number of piperazine rings is 1. The molecule has 4 rings (SSSR count). The topological polar surface area (TPSA) is 98.2 Å². The van der Waals surface area contributed by atoms with Crippen molar-refractivity contribution in [2.24, 2.45) is 0 Å². The lowest BCUT2D eigenvalue weighted by atomic mass is 10.0. The van der Waals surface area contributed by atoms with E-state index in [0.29, 0.717) is 18.8 Å². The summed E-state index contributed by atoms with van der Waals surface area (Å²) in [5.41, 5.74) is 1.71. The molecule has 2 heterocycles. The number of carbonyl (C=O) groups excluding carboxylic acids is 1. The fourth-order valence-electron chi connectivity index (χ4n) is 4.31. The number of rotatable bonds is 10. The number of fused-ring (bicyclic) bond motifs is 1. The van der Waals surface area contributed by atoms with Gasteiger partial charge in [0.05, 0.1) is 33.9 Å². The van der Waals surface area contributed by atoms with Crippen molar-refractivity contribution >= 4 is 27.5 Å². The summed E-state index contributed by atoms with van der Waals surface area (Å²) in [6.07, 6.45) is -1.34. The normalized spacial score (nSPS) is 17.7. The molecule has 3 aromatic rings. The maximum atomic E-state index is 12.5. The Morgan fingerprint density at radius 3 is 2.57 bits per heavy atom. The minimum Gasteiger partial charge on any atom is -0.491 e. The van der Waals surface area contributed by atoms with Gasteiger partial charge in [-0.1, -0.05) is 30.3 Å². The highest BCUT2D eigenvalue weighted by Crippen LogP contribution is 2.25. The summed E-state index contributed by atoms with van der Waals surface area (Å²) in [6, 6.07) is 14.8. The Balaban J connectivity index is 1.14. The molecule has 0 unspecified atom stereocenters. The van der Waals surface area contributed by atoms with E-state index in [2.05, 4.69) is 20.1 Å². The van der Waals surface area contributed by atoms with Crippen LogP contribution in [-0.2, 0) is 4.79 Å². The zero-order valence-electron chi connectivity index (χ0n) is 20.3. The number of ether oxygens (including phenoxy) is 1. The standard InChI is InChI=1S/C26H34N4O4S/c1-18(26(33)20-6-4-3-5-7-20)27-25(32)16-30-12-10-29(11-13-30)15-21(31)17-34-22-8-9-24-23(14-22)28-19(2)35-24/h3-9,14,18,21,26,31,33H,10-13,15-17H2,1-2H3,(H,27,32)/t18-,21+,26-/m0/s1. The van der Waals surface area contributed by atoms with Crippen LogP contribution in [0.5, 0.6) is 5.75 Å². The number of amides is 1. The SMILES string of the molecule is Cc1nc2cc(OC[C@H](O)CN3CCN(CC(=O)N[C@@H](C)[C@H](O)c4ccccc4)CC3)ccc2s1. The summed E-state index contributed by atoms with van der Waals surface area (Å²) in [6.45, 7) is 7.88. The van der Waals surface area contributed by atoms with E-state index in [4.69, 9.17) is 4.74 Å². The van der Waals surface area contributed by atoms with Crippen LogP contribution < -0.4 is 10.1 Å². The number of β-amino-alcohol motifs (C(OH)–C–C–N with tert-alkyl or cyclic N) is 1. The molecule has 1 amide bonds. The molecule has 3 N–H and O–H groups in total. The van der Waals surface area contributed by atoms with E-state index in [9.17, 15) is 15.0 Å². The second kappa shape index (κ2) is 11.9. The van der Waals surface area contributed by atoms with Gasteiger partial charge in [0.15, 0.2) is 0 Å². The molecular weight excluding hydrogens is 464 g/mol. The predicted octanol–water partition coefficient (Wildman–Crippen LogP) is 2.20. The van der Waals surface area contributed by atoms with Crippen molar-refractivity contribution in [2.45, 2.75) is 32.1 Å². The average molecular weight is 499 g/mol. The number of nitrogens with one attached hydrogen (secondary N) is 1.